The lowest BCUT2D eigenvalue weighted by Gasteiger charge is -2.27. The Balaban J connectivity index is 2.16. The number of hydrogen-bond acceptors (Lipinski definition) is 3. The molecule has 1 heterocycles. The van der Waals surface area contributed by atoms with Crippen LogP contribution in [0.15, 0.2) is 53.1 Å². The first-order chi connectivity index (χ1) is 9.33. The van der Waals surface area contributed by atoms with Gasteiger partial charge in [-0.25, -0.2) is 0 Å². The molecule has 0 spiro atoms. The van der Waals surface area contributed by atoms with Gasteiger partial charge in [-0.3, -0.25) is 4.90 Å². The second kappa shape index (κ2) is 7.12. The Kier molecular flexibility index (Phi) is 5.19. The molecule has 0 bridgehead atoms. The largest absolute Gasteiger partial charge is 0.467 e. The van der Waals surface area contributed by atoms with Crippen molar-refractivity contribution < 1.29 is 4.42 Å². The van der Waals surface area contributed by atoms with Crippen LogP contribution in [0.3, 0.4) is 0 Å². The van der Waals surface area contributed by atoms with E-state index in [4.69, 9.17) is 4.42 Å². The molecule has 102 valence electrons. The Morgan fingerprint density at radius 2 is 1.95 bits per heavy atom. The van der Waals surface area contributed by atoms with Crippen LogP contribution < -0.4 is 5.32 Å². The van der Waals surface area contributed by atoms with Crippen LogP contribution in [-0.2, 0) is 0 Å². The van der Waals surface area contributed by atoms with Crippen molar-refractivity contribution in [2.75, 3.05) is 27.2 Å². The van der Waals surface area contributed by atoms with Crippen molar-refractivity contribution in [1.29, 1.82) is 0 Å². The van der Waals surface area contributed by atoms with Gasteiger partial charge in [-0.2, -0.15) is 0 Å². The standard InChI is InChI=1S/C16H22N2O/c1-17-11-7-12-18(2)16(15-10-6-13-19-15)14-8-4-3-5-9-14/h3-6,8-10,13,16-17H,7,11-12H2,1-2H3. The second-order valence-electron chi connectivity index (χ2n) is 4.77. The molecule has 0 aliphatic rings. The predicted octanol–water partition coefficient (Wildman–Crippen LogP) is 2.91. The first kappa shape index (κ1) is 13.8. The summed E-state index contributed by atoms with van der Waals surface area (Å²) >= 11 is 0. The van der Waals surface area contributed by atoms with E-state index in [0.29, 0.717) is 0 Å². The molecule has 1 atom stereocenters. The number of furan rings is 1. The minimum absolute atomic E-state index is 0.188. The summed E-state index contributed by atoms with van der Waals surface area (Å²) in [6.45, 7) is 2.06. The van der Waals surface area contributed by atoms with Gasteiger partial charge < -0.3 is 9.73 Å². The van der Waals surface area contributed by atoms with Gasteiger partial charge in [0.25, 0.3) is 0 Å². The van der Waals surface area contributed by atoms with E-state index < -0.39 is 0 Å². The van der Waals surface area contributed by atoms with Crippen molar-refractivity contribution in [3.05, 3.63) is 60.1 Å². The van der Waals surface area contributed by atoms with Crippen LogP contribution in [0.25, 0.3) is 0 Å². The Bertz CT molecular complexity index is 453. The number of nitrogens with one attached hydrogen (secondary N) is 1. The third kappa shape index (κ3) is 3.69. The highest BCUT2D eigenvalue weighted by molar-refractivity contribution is 5.26. The lowest BCUT2D eigenvalue weighted by Crippen LogP contribution is -2.28. The molecule has 0 saturated carbocycles. The smallest absolute Gasteiger partial charge is 0.125 e. The van der Waals surface area contributed by atoms with Crippen LogP contribution in [0.5, 0.6) is 0 Å². The van der Waals surface area contributed by atoms with Crippen molar-refractivity contribution >= 4 is 0 Å². The molecule has 19 heavy (non-hydrogen) atoms. The summed E-state index contributed by atoms with van der Waals surface area (Å²) in [5.41, 5.74) is 1.27. The molecule has 1 N–H and O–H groups in total. The highest BCUT2D eigenvalue weighted by Crippen LogP contribution is 2.27. The van der Waals surface area contributed by atoms with Crippen molar-refractivity contribution in [1.82, 2.24) is 10.2 Å². The molecule has 1 aromatic heterocycles. The molecule has 0 aliphatic carbocycles. The zero-order valence-electron chi connectivity index (χ0n) is 11.7. The highest BCUT2D eigenvalue weighted by Gasteiger charge is 2.21. The molecule has 2 aromatic rings. The van der Waals surface area contributed by atoms with E-state index in [-0.39, 0.29) is 6.04 Å². The van der Waals surface area contributed by atoms with Gasteiger partial charge in [0.15, 0.2) is 0 Å². The van der Waals surface area contributed by atoms with Gasteiger partial charge in [-0.1, -0.05) is 30.3 Å². The predicted molar refractivity (Wildman–Crippen MR) is 78.2 cm³/mol. The van der Waals surface area contributed by atoms with Crippen LogP contribution in [-0.4, -0.2) is 32.1 Å². The van der Waals surface area contributed by atoms with Gasteiger partial charge in [-0.15, -0.1) is 0 Å². The fourth-order valence-corrected chi connectivity index (χ4v) is 2.35. The van der Waals surface area contributed by atoms with E-state index >= 15 is 0 Å². The van der Waals surface area contributed by atoms with Gasteiger partial charge in [-0.05, 0) is 44.8 Å². The first-order valence-corrected chi connectivity index (χ1v) is 6.76. The van der Waals surface area contributed by atoms with E-state index in [1.165, 1.54) is 5.56 Å². The summed E-state index contributed by atoms with van der Waals surface area (Å²) < 4.78 is 5.62. The van der Waals surface area contributed by atoms with Crippen LogP contribution in [0.1, 0.15) is 23.8 Å². The summed E-state index contributed by atoms with van der Waals surface area (Å²) in [5, 5.41) is 3.19. The van der Waals surface area contributed by atoms with Gasteiger partial charge in [0.1, 0.15) is 5.76 Å². The van der Waals surface area contributed by atoms with Gasteiger partial charge in [0, 0.05) is 6.54 Å². The van der Waals surface area contributed by atoms with Crippen molar-refractivity contribution in [3.8, 4) is 0 Å². The van der Waals surface area contributed by atoms with E-state index in [0.717, 1.165) is 25.3 Å². The molecule has 2 rings (SSSR count). The van der Waals surface area contributed by atoms with Crippen LogP contribution in [0, 0.1) is 0 Å². The lowest BCUT2D eigenvalue weighted by atomic mass is 10.0. The molecule has 0 aliphatic heterocycles. The third-order valence-electron chi connectivity index (χ3n) is 3.31. The minimum Gasteiger partial charge on any atom is -0.467 e. The number of rotatable bonds is 7. The Hall–Kier alpha value is -1.58. The SMILES string of the molecule is CNCCCN(C)C(c1ccccc1)c1ccco1. The topological polar surface area (TPSA) is 28.4 Å². The maximum Gasteiger partial charge on any atom is 0.125 e. The zero-order valence-corrected chi connectivity index (χ0v) is 11.7. The monoisotopic (exact) mass is 258 g/mol. The molecule has 3 heteroatoms. The molecule has 3 nitrogen and oxygen atoms in total. The van der Waals surface area contributed by atoms with Crippen molar-refractivity contribution in [3.63, 3.8) is 0 Å². The molecule has 1 unspecified atom stereocenters. The third-order valence-corrected chi connectivity index (χ3v) is 3.31. The normalized spacial score (nSPS) is 12.8. The quantitative estimate of drug-likeness (QED) is 0.774. The summed E-state index contributed by atoms with van der Waals surface area (Å²) in [5.74, 6) is 0.998. The Morgan fingerprint density at radius 1 is 1.16 bits per heavy atom. The minimum atomic E-state index is 0.188. The number of hydrogen-bond donors (Lipinski definition) is 1. The summed E-state index contributed by atoms with van der Waals surface area (Å²) in [4.78, 5) is 2.34. The fourth-order valence-electron chi connectivity index (χ4n) is 2.35. The van der Waals surface area contributed by atoms with E-state index in [9.17, 15) is 0 Å². The average Bonchev–Trinajstić information content (AvgIpc) is 2.94. The molecule has 0 saturated heterocycles. The fraction of sp³-hybridized carbons (Fsp3) is 0.375. The zero-order chi connectivity index (χ0) is 13.5. The molecular formula is C16H22N2O. The first-order valence-electron chi connectivity index (χ1n) is 6.76. The maximum atomic E-state index is 5.62. The van der Waals surface area contributed by atoms with Crippen molar-refractivity contribution in [2.45, 2.75) is 12.5 Å². The molecular weight excluding hydrogens is 236 g/mol. The van der Waals surface area contributed by atoms with E-state index in [2.05, 4.69) is 41.5 Å². The van der Waals surface area contributed by atoms with Gasteiger partial charge in [0.05, 0.1) is 12.3 Å². The molecule has 0 radical (unpaired) electrons. The summed E-state index contributed by atoms with van der Waals surface area (Å²) in [6, 6.07) is 14.7. The molecule has 0 fully saturated rings. The van der Waals surface area contributed by atoms with E-state index in [1.54, 1.807) is 6.26 Å². The van der Waals surface area contributed by atoms with Crippen LogP contribution >= 0.6 is 0 Å². The lowest BCUT2D eigenvalue weighted by molar-refractivity contribution is 0.245. The van der Waals surface area contributed by atoms with Crippen LogP contribution in [0.2, 0.25) is 0 Å². The van der Waals surface area contributed by atoms with Gasteiger partial charge in [0.2, 0.25) is 0 Å². The highest BCUT2D eigenvalue weighted by atomic mass is 16.3. The second-order valence-corrected chi connectivity index (χ2v) is 4.77. The summed E-state index contributed by atoms with van der Waals surface area (Å²) in [7, 11) is 4.14. The number of nitrogens with zero attached hydrogens (tertiary/aromatic N) is 1. The average molecular weight is 258 g/mol. The molecule has 1 aromatic carbocycles. The maximum absolute atomic E-state index is 5.62. The summed E-state index contributed by atoms with van der Waals surface area (Å²) in [6.07, 6.45) is 2.86. The Morgan fingerprint density at radius 3 is 2.58 bits per heavy atom. The molecule has 0 amide bonds. The van der Waals surface area contributed by atoms with E-state index in [1.807, 2.05) is 25.2 Å². The Labute approximate surface area is 115 Å². The van der Waals surface area contributed by atoms with Crippen LogP contribution in [0.4, 0.5) is 0 Å². The van der Waals surface area contributed by atoms with Gasteiger partial charge >= 0.3 is 0 Å². The van der Waals surface area contributed by atoms with Crippen molar-refractivity contribution in [2.24, 2.45) is 0 Å². The number of benzene rings is 1.